The lowest BCUT2D eigenvalue weighted by Crippen LogP contribution is -2.14. The average molecular weight is 377 g/mol. The van der Waals surface area contributed by atoms with E-state index in [4.69, 9.17) is 0 Å². The zero-order valence-electron chi connectivity index (χ0n) is 13.3. The summed E-state index contributed by atoms with van der Waals surface area (Å²) in [4.78, 5) is 26.6. The third kappa shape index (κ3) is 3.92. The van der Waals surface area contributed by atoms with Crippen LogP contribution in [-0.2, 0) is 6.18 Å². The van der Waals surface area contributed by atoms with Gasteiger partial charge < -0.3 is 5.32 Å². The zero-order chi connectivity index (χ0) is 19.6. The Kier molecular flexibility index (Phi) is 4.59. The molecule has 0 fully saturated rings. The van der Waals surface area contributed by atoms with E-state index >= 15 is 0 Å². The predicted molar refractivity (Wildman–Crippen MR) is 87.4 cm³/mol. The van der Waals surface area contributed by atoms with Crippen LogP contribution in [0, 0.1) is 10.1 Å². The lowest BCUT2D eigenvalue weighted by Gasteiger charge is -2.10. The largest absolute Gasteiger partial charge is 0.416 e. The molecule has 0 aliphatic carbocycles. The molecule has 0 unspecified atom stereocenters. The van der Waals surface area contributed by atoms with Crippen molar-refractivity contribution < 1.29 is 22.9 Å². The number of benzene rings is 2. The summed E-state index contributed by atoms with van der Waals surface area (Å²) >= 11 is 0. The SMILES string of the molecule is O=C(Nc1cccc(C(F)(F)F)c1)c1ccc(-n2cncn2)c([N+](=O)[O-])c1. The Morgan fingerprint density at radius 1 is 1.19 bits per heavy atom. The molecule has 0 spiro atoms. The summed E-state index contributed by atoms with van der Waals surface area (Å²) in [6, 6.07) is 7.68. The first-order chi connectivity index (χ1) is 12.8. The fourth-order valence-corrected chi connectivity index (χ4v) is 2.31. The minimum absolute atomic E-state index is 0.0853. The Morgan fingerprint density at radius 3 is 2.59 bits per heavy atom. The van der Waals surface area contributed by atoms with Gasteiger partial charge in [-0.15, -0.1) is 0 Å². The van der Waals surface area contributed by atoms with Crippen molar-refractivity contribution in [3.8, 4) is 5.69 Å². The van der Waals surface area contributed by atoms with E-state index in [-0.39, 0.29) is 16.9 Å². The zero-order valence-corrected chi connectivity index (χ0v) is 13.3. The molecule has 3 rings (SSSR count). The van der Waals surface area contributed by atoms with Crippen molar-refractivity contribution in [2.24, 2.45) is 0 Å². The number of anilines is 1. The maximum Gasteiger partial charge on any atom is 0.416 e. The van der Waals surface area contributed by atoms with Crippen LogP contribution in [0.4, 0.5) is 24.5 Å². The van der Waals surface area contributed by atoms with Gasteiger partial charge in [0.15, 0.2) is 0 Å². The molecule has 0 aliphatic rings. The van der Waals surface area contributed by atoms with Crippen LogP contribution in [0.15, 0.2) is 55.1 Å². The quantitative estimate of drug-likeness (QED) is 0.554. The summed E-state index contributed by atoms with van der Waals surface area (Å²) in [5.74, 6) is -0.789. The first-order valence-corrected chi connectivity index (χ1v) is 7.38. The molecule has 0 atom stereocenters. The van der Waals surface area contributed by atoms with Gasteiger partial charge in [-0.1, -0.05) is 6.07 Å². The highest BCUT2D eigenvalue weighted by molar-refractivity contribution is 6.05. The van der Waals surface area contributed by atoms with E-state index in [1.165, 1.54) is 30.9 Å². The van der Waals surface area contributed by atoms with E-state index in [9.17, 15) is 28.1 Å². The molecular formula is C16H10F3N5O3. The molecule has 8 nitrogen and oxygen atoms in total. The van der Waals surface area contributed by atoms with Gasteiger partial charge in [-0.05, 0) is 30.3 Å². The van der Waals surface area contributed by atoms with Crippen LogP contribution >= 0.6 is 0 Å². The number of alkyl halides is 3. The van der Waals surface area contributed by atoms with Crippen molar-refractivity contribution >= 4 is 17.3 Å². The van der Waals surface area contributed by atoms with Crippen molar-refractivity contribution in [1.29, 1.82) is 0 Å². The second-order valence-electron chi connectivity index (χ2n) is 5.33. The third-order valence-corrected chi connectivity index (χ3v) is 3.55. The molecule has 1 heterocycles. The number of aromatic nitrogens is 3. The second-order valence-corrected chi connectivity index (χ2v) is 5.33. The van der Waals surface area contributed by atoms with Gasteiger partial charge >= 0.3 is 6.18 Å². The molecule has 0 aliphatic heterocycles. The highest BCUT2D eigenvalue weighted by atomic mass is 19.4. The lowest BCUT2D eigenvalue weighted by atomic mass is 10.1. The van der Waals surface area contributed by atoms with Gasteiger partial charge in [-0.25, -0.2) is 9.67 Å². The Hall–Kier alpha value is -3.76. The molecule has 2 aromatic carbocycles. The number of halogens is 3. The molecule has 138 valence electrons. The molecule has 0 bridgehead atoms. The van der Waals surface area contributed by atoms with Gasteiger partial charge in [-0.3, -0.25) is 14.9 Å². The topological polar surface area (TPSA) is 103 Å². The Morgan fingerprint density at radius 2 is 1.96 bits per heavy atom. The second kappa shape index (κ2) is 6.86. The Balaban J connectivity index is 1.90. The molecular weight excluding hydrogens is 367 g/mol. The van der Waals surface area contributed by atoms with E-state index in [2.05, 4.69) is 15.4 Å². The lowest BCUT2D eigenvalue weighted by molar-refractivity contribution is -0.384. The number of hydrogen-bond donors (Lipinski definition) is 1. The predicted octanol–water partition coefficient (Wildman–Crippen LogP) is 3.45. The van der Waals surface area contributed by atoms with Gasteiger partial charge in [0.25, 0.3) is 11.6 Å². The van der Waals surface area contributed by atoms with Crippen molar-refractivity contribution in [3.05, 3.63) is 76.4 Å². The molecule has 0 saturated heterocycles. The monoisotopic (exact) mass is 377 g/mol. The van der Waals surface area contributed by atoms with Crippen LogP contribution in [0.5, 0.6) is 0 Å². The number of hydrogen-bond acceptors (Lipinski definition) is 5. The fraction of sp³-hybridized carbons (Fsp3) is 0.0625. The number of nitrogens with zero attached hydrogens (tertiary/aromatic N) is 4. The number of carbonyl (C=O) groups excluding carboxylic acids is 1. The molecule has 3 aromatic rings. The van der Waals surface area contributed by atoms with E-state index in [0.29, 0.717) is 0 Å². The number of rotatable bonds is 4. The van der Waals surface area contributed by atoms with E-state index < -0.39 is 28.3 Å². The maximum atomic E-state index is 12.7. The molecule has 0 saturated carbocycles. The van der Waals surface area contributed by atoms with E-state index in [0.717, 1.165) is 28.9 Å². The van der Waals surface area contributed by atoms with Gasteiger partial charge in [-0.2, -0.15) is 18.3 Å². The number of nitrogens with one attached hydrogen (secondary N) is 1. The first kappa shape index (κ1) is 18.0. The highest BCUT2D eigenvalue weighted by Gasteiger charge is 2.30. The number of amides is 1. The van der Waals surface area contributed by atoms with E-state index in [1.54, 1.807) is 0 Å². The van der Waals surface area contributed by atoms with Crippen molar-refractivity contribution in [1.82, 2.24) is 14.8 Å². The summed E-state index contributed by atoms with van der Waals surface area (Å²) in [5.41, 5.74) is -1.42. The van der Waals surface area contributed by atoms with Gasteiger partial charge in [0.2, 0.25) is 0 Å². The van der Waals surface area contributed by atoms with Crippen LogP contribution in [0.25, 0.3) is 5.69 Å². The smallest absolute Gasteiger partial charge is 0.322 e. The minimum Gasteiger partial charge on any atom is -0.322 e. The fourth-order valence-electron chi connectivity index (χ4n) is 2.31. The summed E-state index contributed by atoms with van der Waals surface area (Å²) in [7, 11) is 0. The van der Waals surface area contributed by atoms with Gasteiger partial charge in [0, 0.05) is 17.3 Å². The van der Waals surface area contributed by atoms with Crippen LogP contribution in [0.3, 0.4) is 0 Å². The van der Waals surface area contributed by atoms with Crippen LogP contribution in [0.2, 0.25) is 0 Å². The maximum absolute atomic E-state index is 12.7. The minimum atomic E-state index is -4.56. The molecule has 27 heavy (non-hydrogen) atoms. The molecule has 0 radical (unpaired) electrons. The summed E-state index contributed by atoms with van der Waals surface area (Å²) in [6.45, 7) is 0. The number of carbonyl (C=O) groups is 1. The molecule has 1 amide bonds. The molecule has 11 heteroatoms. The van der Waals surface area contributed by atoms with Gasteiger partial charge in [0.05, 0.1) is 10.5 Å². The standard InChI is InChI=1S/C16H10F3N5O3/c17-16(18,19)11-2-1-3-12(7-11)22-15(25)10-4-5-13(14(6-10)24(26)27)23-9-20-8-21-23/h1-9H,(H,22,25). The van der Waals surface area contributed by atoms with Crippen LogP contribution in [0.1, 0.15) is 15.9 Å². The molecule has 1 aromatic heterocycles. The van der Waals surface area contributed by atoms with Crippen molar-refractivity contribution in [2.45, 2.75) is 6.18 Å². The number of nitro groups is 1. The molecule has 1 N–H and O–H groups in total. The summed E-state index contributed by atoms with van der Waals surface area (Å²) in [6.07, 6.45) is -2.11. The summed E-state index contributed by atoms with van der Waals surface area (Å²) in [5, 5.41) is 17.4. The van der Waals surface area contributed by atoms with Gasteiger partial charge in [0.1, 0.15) is 18.3 Å². The van der Waals surface area contributed by atoms with Crippen LogP contribution in [-0.4, -0.2) is 25.6 Å². The highest BCUT2D eigenvalue weighted by Crippen LogP contribution is 2.31. The van der Waals surface area contributed by atoms with Crippen molar-refractivity contribution in [3.63, 3.8) is 0 Å². The Labute approximate surface area is 149 Å². The average Bonchev–Trinajstić information content (AvgIpc) is 3.15. The normalized spacial score (nSPS) is 11.2. The van der Waals surface area contributed by atoms with Crippen LogP contribution < -0.4 is 5.32 Å². The first-order valence-electron chi connectivity index (χ1n) is 7.38. The third-order valence-electron chi connectivity index (χ3n) is 3.55. The van der Waals surface area contributed by atoms with Crippen molar-refractivity contribution in [2.75, 3.05) is 5.32 Å². The van der Waals surface area contributed by atoms with E-state index in [1.807, 2.05) is 0 Å². The number of nitro benzene ring substituents is 1. The Bertz CT molecular complexity index is 1000. The summed E-state index contributed by atoms with van der Waals surface area (Å²) < 4.78 is 39.4.